The van der Waals surface area contributed by atoms with Crippen molar-refractivity contribution in [3.05, 3.63) is 40.6 Å². The molecule has 1 aromatic carbocycles. The van der Waals surface area contributed by atoms with E-state index in [1.165, 1.54) is 7.05 Å². The summed E-state index contributed by atoms with van der Waals surface area (Å²) in [5.74, 6) is -0.332. The molecule has 0 atom stereocenters. The maximum Gasteiger partial charge on any atom is 0.255 e. The quantitative estimate of drug-likeness (QED) is 0.863. The van der Waals surface area contributed by atoms with Crippen LogP contribution >= 0.6 is 0 Å². The second-order valence-corrected chi connectivity index (χ2v) is 6.22. The van der Waals surface area contributed by atoms with Crippen molar-refractivity contribution in [1.82, 2.24) is 9.88 Å². The third-order valence-corrected chi connectivity index (χ3v) is 4.39. The average Bonchev–Trinajstić information content (AvgIpc) is 2.51. The molecule has 0 N–H and O–H groups in total. The summed E-state index contributed by atoms with van der Waals surface area (Å²) >= 11 is 0. The number of rotatable bonds is 3. The molecule has 0 spiro atoms. The number of hydrogen-bond acceptors (Lipinski definition) is 2. The van der Waals surface area contributed by atoms with Crippen molar-refractivity contribution in [2.75, 3.05) is 13.6 Å². The number of hydrogen-bond donors (Lipinski definition) is 0. The normalized spacial score (nSPS) is 14.1. The molecule has 5 heteroatoms. The van der Waals surface area contributed by atoms with Gasteiger partial charge < -0.3 is 4.90 Å². The second kappa shape index (κ2) is 6.22. The maximum atomic E-state index is 12.8. The lowest BCUT2D eigenvalue weighted by Gasteiger charge is -2.24. The van der Waals surface area contributed by atoms with Crippen LogP contribution in [0.25, 0.3) is 10.9 Å². The Morgan fingerprint density at radius 3 is 2.78 bits per heavy atom. The van der Waals surface area contributed by atoms with Crippen molar-refractivity contribution in [2.45, 2.75) is 39.0 Å². The molecule has 0 aliphatic heterocycles. The molecule has 0 saturated heterocycles. The van der Waals surface area contributed by atoms with E-state index >= 15 is 0 Å². The number of pyridine rings is 1. The number of amides is 1. The predicted molar refractivity (Wildman–Crippen MR) is 86.1 cm³/mol. The number of carbonyl (C=O) groups is 1. The smallest absolute Gasteiger partial charge is 0.255 e. The fourth-order valence-electron chi connectivity index (χ4n) is 3.26. The average molecular weight is 318 g/mol. The molecule has 1 aliphatic rings. The van der Waals surface area contributed by atoms with E-state index in [2.05, 4.69) is 0 Å². The highest BCUT2D eigenvalue weighted by Gasteiger charge is 2.25. The van der Waals surface area contributed by atoms with Gasteiger partial charge in [0.1, 0.15) is 0 Å². The summed E-state index contributed by atoms with van der Waals surface area (Å²) in [4.78, 5) is 18.7. The standard InChI is InChI=1S/C18H20F2N2O/c1-11-7-8-15-13(9-11)17(18(23)22(2)10-16(19)20)12-5-3-4-6-14(12)21-15/h7-9,16H,3-6,10H2,1-2H3. The van der Waals surface area contributed by atoms with Gasteiger partial charge in [-0.15, -0.1) is 0 Å². The molecule has 3 nitrogen and oxygen atoms in total. The first kappa shape index (κ1) is 15.8. The Bertz CT molecular complexity index is 758. The van der Waals surface area contributed by atoms with Crippen LogP contribution in [-0.4, -0.2) is 35.8 Å². The minimum Gasteiger partial charge on any atom is -0.336 e. The molecule has 1 aromatic heterocycles. The van der Waals surface area contributed by atoms with Crippen molar-refractivity contribution < 1.29 is 13.6 Å². The zero-order valence-electron chi connectivity index (χ0n) is 13.4. The number of halogens is 2. The minimum atomic E-state index is -2.53. The molecule has 2 aromatic rings. The van der Waals surface area contributed by atoms with Gasteiger partial charge in [-0.2, -0.15) is 0 Å². The highest BCUT2D eigenvalue weighted by Crippen LogP contribution is 2.30. The van der Waals surface area contributed by atoms with Crippen LogP contribution in [0.15, 0.2) is 18.2 Å². The van der Waals surface area contributed by atoms with Crippen LogP contribution in [0.3, 0.4) is 0 Å². The Kier molecular flexibility index (Phi) is 4.28. The summed E-state index contributed by atoms with van der Waals surface area (Å²) in [5.41, 5.74) is 4.25. The Morgan fingerprint density at radius 1 is 1.30 bits per heavy atom. The number of nitrogens with zero attached hydrogens (tertiary/aromatic N) is 2. The lowest BCUT2D eigenvalue weighted by Crippen LogP contribution is -2.32. The molecule has 1 heterocycles. The van der Waals surface area contributed by atoms with Crippen LogP contribution in [-0.2, 0) is 12.8 Å². The lowest BCUT2D eigenvalue weighted by atomic mass is 9.89. The first-order valence-electron chi connectivity index (χ1n) is 7.93. The molecule has 1 aliphatic carbocycles. The molecule has 0 fully saturated rings. The first-order valence-corrected chi connectivity index (χ1v) is 7.93. The number of fused-ring (bicyclic) bond motifs is 2. The van der Waals surface area contributed by atoms with Crippen molar-refractivity contribution >= 4 is 16.8 Å². The molecule has 3 rings (SSSR count). The van der Waals surface area contributed by atoms with Gasteiger partial charge in [0.15, 0.2) is 0 Å². The van der Waals surface area contributed by atoms with Crippen LogP contribution in [0.4, 0.5) is 8.78 Å². The predicted octanol–water partition coefficient (Wildman–Crippen LogP) is 3.76. The van der Waals surface area contributed by atoms with E-state index in [9.17, 15) is 13.6 Å². The number of benzene rings is 1. The molecular weight excluding hydrogens is 298 g/mol. The zero-order chi connectivity index (χ0) is 16.6. The second-order valence-electron chi connectivity index (χ2n) is 6.22. The van der Waals surface area contributed by atoms with Crippen molar-refractivity contribution in [2.24, 2.45) is 0 Å². The molecular formula is C18H20F2N2O. The molecule has 0 bridgehead atoms. The van der Waals surface area contributed by atoms with E-state index in [-0.39, 0.29) is 5.91 Å². The van der Waals surface area contributed by atoms with E-state index < -0.39 is 13.0 Å². The monoisotopic (exact) mass is 318 g/mol. The maximum absolute atomic E-state index is 12.8. The van der Waals surface area contributed by atoms with Gasteiger partial charge in [-0.3, -0.25) is 9.78 Å². The molecule has 23 heavy (non-hydrogen) atoms. The Balaban J connectivity index is 2.19. The van der Waals surface area contributed by atoms with Gasteiger partial charge in [0, 0.05) is 18.1 Å². The van der Waals surface area contributed by atoms with Gasteiger partial charge in [0.2, 0.25) is 0 Å². The summed E-state index contributed by atoms with van der Waals surface area (Å²) in [6.07, 6.45) is 1.16. The molecule has 0 unspecified atom stereocenters. The Labute approximate surface area is 134 Å². The fraction of sp³-hybridized carbons (Fsp3) is 0.444. The van der Waals surface area contributed by atoms with Crippen LogP contribution in [0.1, 0.15) is 40.0 Å². The summed E-state index contributed by atoms with van der Waals surface area (Å²) in [7, 11) is 1.44. The topological polar surface area (TPSA) is 33.2 Å². The third-order valence-electron chi connectivity index (χ3n) is 4.39. The molecule has 1 amide bonds. The summed E-state index contributed by atoms with van der Waals surface area (Å²) in [6, 6.07) is 5.80. The largest absolute Gasteiger partial charge is 0.336 e. The Morgan fingerprint density at radius 2 is 2.04 bits per heavy atom. The van der Waals surface area contributed by atoms with E-state index in [4.69, 9.17) is 4.98 Å². The van der Waals surface area contributed by atoms with Crippen LogP contribution in [0.5, 0.6) is 0 Å². The van der Waals surface area contributed by atoms with Crippen LogP contribution in [0, 0.1) is 6.92 Å². The van der Waals surface area contributed by atoms with Crippen LogP contribution in [0.2, 0.25) is 0 Å². The van der Waals surface area contributed by atoms with Gasteiger partial charge in [0.05, 0.1) is 17.6 Å². The summed E-state index contributed by atoms with van der Waals surface area (Å²) in [5, 5.41) is 0.775. The fourth-order valence-corrected chi connectivity index (χ4v) is 3.26. The van der Waals surface area contributed by atoms with E-state index in [1.54, 1.807) is 0 Å². The van der Waals surface area contributed by atoms with E-state index in [0.717, 1.165) is 58.3 Å². The van der Waals surface area contributed by atoms with Gasteiger partial charge in [-0.1, -0.05) is 11.6 Å². The van der Waals surface area contributed by atoms with E-state index in [0.29, 0.717) is 5.56 Å². The summed E-state index contributed by atoms with van der Waals surface area (Å²) < 4.78 is 25.3. The number of aryl methyl sites for hydroxylation is 2. The van der Waals surface area contributed by atoms with Gasteiger partial charge >= 0.3 is 0 Å². The highest BCUT2D eigenvalue weighted by atomic mass is 19.3. The van der Waals surface area contributed by atoms with Crippen molar-refractivity contribution in [1.29, 1.82) is 0 Å². The number of aromatic nitrogens is 1. The highest BCUT2D eigenvalue weighted by molar-refractivity contribution is 6.07. The van der Waals surface area contributed by atoms with Crippen molar-refractivity contribution in [3.63, 3.8) is 0 Å². The van der Waals surface area contributed by atoms with Gasteiger partial charge in [0.25, 0.3) is 12.3 Å². The van der Waals surface area contributed by atoms with E-state index in [1.807, 2.05) is 25.1 Å². The molecule has 122 valence electrons. The van der Waals surface area contributed by atoms with Crippen molar-refractivity contribution in [3.8, 4) is 0 Å². The van der Waals surface area contributed by atoms with Crippen LogP contribution < -0.4 is 0 Å². The lowest BCUT2D eigenvalue weighted by molar-refractivity contribution is 0.0620. The Hall–Kier alpha value is -2.04. The summed E-state index contributed by atoms with van der Waals surface area (Å²) in [6.45, 7) is 1.40. The zero-order valence-corrected chi connectivity index (χ0v) is 13.4. The molecule has 0 saturated carbocycles. The van der Waals surface area contributed by atoms with Gasteiger partial charge in [-0.25, -0.2) is 8.78 Å². The molecule has 0 radical (unpaired) electrons. The number of alkyl halides is 2. The number of carbonyl (C=O) groups excluding carboxylic acids is 1. The first-order chi connectivity index (χ1) is 11.0. The van der Waals surface area contributed by atoms with Gasteiger partial charge in [-0.05, 0) is 50.3 Å². The SMILES string of the molecule is Cc1ccc2nc3c(c(C(=O)N(C)CC(F)F)c2c1)CCCC3. The minimum absolute atomic E-state index is 0.332. The third kappa shape index (κ3) is 3.05.